The Hall–Kier alpha value is -1.35. The van der Waals surface area contributed by atoms with Crippen LogP contribution in [0.4, 0.5) is 0 Å². The minimum Gasteiger partial charge on any atom is -0.355 e. The van der Waals surface area contributed by atoms with Crippen LogP contribution in [0.25, 0.3) is 0 Å². The highest BCUT2D eigenvalue weighted by atomic mass is 16.1. The van der Waals surface area contributed by atoms with Crippen LogP contribution in [0, 0.1) is 6.92 Å². The second-order valence-electron chi connectivity index (χ2n) is 4.56. The van der Waals surface area contributed by atoms with Crippen LogP contribution in [0.2, 0.25) is 0 Å². The molecule has 0 heterocycles. The summed E-state index contributed by atoms with van der Waals surface area (Å²) in [5, 5.41) is 6.01. The molecule has 0 spiro atoms. The molecule has 0 aliphatic carbocycles. The van der Waals surface area contributed by atoms with E-state index >= 15 is 0 Å². The van der Waals surface area contributed by atoms with E-state index in [1.807, 2.05) is 26.0 Å². The Morgan fingerprint density at radius 3 is 2.65 bits per heavy atom. The summed E-state index contributed by atoms with van der Waals surface area (Å²) < 4.78 is 0. The average Bonchev–Trinajstić information content (AvgIpc) is 2.29. The van der Waals surface area contributed by atoms with Crippen molar-refractivity contribution in [1.82, 2.24) is 10.6 Å². The Morgan fingerprint density at radius 2 is 2.00 bits per heavy atom. The van der Waals surface area contributed by atoms with E-state index in [1.165, 1.54) is 11.1 Å². The predicted molar refractivity (Wildman–Crippen MR) is 71.0 cm³/mol. The molecule has 1 amide bonds. The lowest BCUT2D eigenvalue weighted by Crippen LogP contribution is -2.37. The van der Waals surface area contributed by atoms with E-state index in [4.69, 9.17) is 0 Å². The third-order valence-corrected chi connectivity index (χ3v) is 2.65. The fourth-order valence-corrected chi connectivity index (χ4v) is 1.59. The van der Waals surface area contributed by atoms with Gasteiger partial charge >= 0.3 is 0 Å². The second-order valence-corrected chi connectivity index (χ2v) is 4.56. The van der Waals surface area contributed by atoms with Crippen molar-refractivity contribution in [2.45, 2.75) is 33.2 Å². The number of benzene rings is 1. The van der Waals surface area contributed by atoms with Crippen LogP contribution < -0.4 is 10.6 Å². The van der Waals surface area contributed by atoms with Crippen molar-refractivity contribution in [3.8, 4) is 0 Å². The highest BCUT2D eigenvalue weighted by molar-refractivity contribution is 5.77. The van der Waals surface area contributed by atoms with E-state index in [-0.39, 0.29) is 5.91 Å². The van der Waals surface area contributed by atoms with Crippen molar-refractivity contribution in [3.05, 3.63) is 35.4 Å². The van der Waals surface area contributed by atoms with Gasteiger partial charge in [0.15, 0.2) is 0 Å². The Bertz CT molecular complexity index is 361. The van der Waals surface area contributed by atoms with Crippen LogP contribution in [0.5, 0.6) is 0 Å². The molecule has 94 valence electrons. The maximum atomic E-state index is 11.4. The van der Waals surface area contributed by atoms with E-state index < -0.39 is 0 Å². The molecule has 0 fully saturated rings. The van der Waals surface area contributed by atoms with Gasteiger partial charge in [0.25, 0.3) is 0 Å². The molecule has 0 bridgehead atoms. The smallest absolute Gasteiger partial charge is 0.233 e. The van der Waals surface area contributed by atoms with Crippen LogP contribution in [-0.4, -0.2) is 25.0 Å². The van der Waals surface area contributed by atoms with Crippen molar-refractivity contribution in [1.29, 1.82) is 0 Å². The molecule has 0 aromatic heterocycles. The lowest BCUT2D eigenvalue weighted by atomic mass is 10.1. The SMILES string of the molecule is Cc1ccccc1CCNC(=O)CNC(C)C. The van der Waals surface area contributed by atoms with Gasteiger partial charge in [-0.2, -0.15) is 0 Å². The first kappa shape index (κ1) is 13.7. The van der Waals surface area contributed by atoms with Crippen LogP contribution >= 0.6 is 0 Å². The van der Waals surface area contributed by atoms with Crippen LogP contribution in [0.15, 0.2) is 24.3 Å². The first-order chi connectivity index (χ1) is 8.09. The molecule has 2 N–H and O–H groups in total. The van der Waals surface area contributed by atoms with E-state index in [0.29, 0.717) is 19.1 Å². The van der Waals surface area contributed by atoms with E-state index in [0.717, 1.165) is 6.42 Å². The highest BCUT2D eigenvalue weighted by Gasteiger charge is 2.02. The van der Waals surface area contributed by atoms with Gasteiger partial charge in [0.2, 0.25) is 5.91 Å². The van der Waals surface area contributed by atoms with Crippen LogP contribution in [0.1, 0.15) is 25.0 Å². The third kappa shape index (κ3) is 5.50. The number of carbonyl (C=O) groups is 1. The maximum absolute atomic E-state index is 11.4. The standard InChI is InChI=1S/C14H22N2O/c1-11(2)16-10-14(17)15-9-8-13-7-5-4-6-12(13)3/h4-7,11,16H,8-10H2,1-3H3,(H,15,17). The Kier molecular flexibility index (Phi) is 5.70. The molecular formula is C14H22N2O. The zero-order valence-electron chi connectivity index (χ0n) is 10.9. The summed E-state index contributed by atoms with van der Waals surface area (Å²) in [6.45, 7) is 7.24. The summed E-state index contributed by atoms with van der Waals surface area (Å²) in [5.41, 5.74) is 2.58. The molecule has 0 aliphatic heterocycles. The number of aryl methyl sites for hydroxylation is 1. The van der Waals surface area contributed by atoms with Crippen molar-refractivity contribution >= 4 is 5.91 Å². The topological polar surface area (TPSA) is 41.1 Å². The first-order valence-corrected chi connectivity index (χ1v) is 6.14. The molecule has 0 unspecified atom stereocenters. The fourth-order valence-electron chi connectivity index (χ4n) is 1.59. The lowest BCUT2D eigenvalue weighted by Gasteiger charge is -2.09. The molecule has 3 nitrogen and oxygen atoms in total. The Labute approximate surface area is 104 Å². The number of carbonyl (C=O) groups excluding carboxylic acids is 1. The molecule has 1 aromatic carbocycles. The summed E-state index contributed by atoms with van der Waals surface area (Å²) in [7, 11) is 0. The van der Waals surface area contributed by atoms with Crippen molar-refractivity contribution < 1.29 is 4.79 Å². The summed E-state index contributed by atoms with van der Waals surface area (Å²) in [6.07, 6.45) is 0.889. The van der Waals surface area contributed by atoms with E-state index in [1.54, 1.807) is 0 Å². The summed E-state index contributed by atoms with van der Waals surface area (Å²) in [4.78, 5) is 11.4. The first-order valence-electron chi connectivity index (χ1n) is 6.14. The van der Waals surface area contributed by atoms with E-state index in [9.17, 15) is 4.79 Å². The van der Waals surface area contributed by atoms with Crippen LogP contribution in [-0.2, 0) is 11.2 Å². The average molecular weight is 234 g/mol. The fraction of sp³-hybridized carbons (Fsp3) is 0.500. The minimum atomic E-state index is 0.0623. The number of rotatable bonds is 6. The monoisotopic (exact) mass is 234 g/mol. The second kappa shape index (κ2) is 7.07. The minimum absolute atomic E-state index is 0.0623. The van der Waals surface area contributed by atoms with Crippen molar-refractivity contribution in [2.75, 3.05) is 13.1 Å². The molecule has 3 heteroatoms. The van der Waals surface area contributed by atoms with Crippen molar-refractivity contribution in [2.24, 2.45) is 0 Å². The van der Waals surface area contributed by atoms with Gasteiger partial charge in [-0.15, -0.1) is 0 Å². The zero-order chi connectivity index (χ0) is 12.7. The van der Waals surface area contributed by atoms with E-state index in [2.05, 4.69) is 29.7 Å². The van der Waals surface area contributed by atoms with Gasteiger partial charge in [-0.25, -0.2) is 0 Å². The summed E-state index contributed by atoms with van der Waals surface area (Å²) in [6, 6.07) is 8.61. The molecular weight excluding hydrogens is 212 g/mol. The third-order valence-electron chi connectivity index (χ3n) is 2.65. The van der Waals surface area contributed by atoms with Crippen LogP contribution in [0.3, 0.4) is 0 Å². The molecule has 0 aliphatic rings. The Balaban J connectivity index is 2.24. The number of hydrogen-bond donors (Lipinski definition) is 2. The normalized spacial score (nSPS) is 10.6. The maximum Gasteiger partial charge on any atom is 0.233 e. The molecule has 0 radical (unpaired) electrons. The number of hydrogen-bond acceptors (Lipinski definition) is 2. The number of amides is 1. The summed E-state index contributed by atoms with van der Waals surface area (Å²) >= 11 is 0. The van der Waals surface area contributed by atoms with Gasteiger partial charge in [0, 0.05) is 12.6 Å². The molecule has 0 saturated carbocycles. The highest BCUT2D eigenvalue weighted by Crippen LogP contribution is 2.06. The molecule has 1 rings (SSSR count). The molecule has 0 atom stereocenters. The van der Waals surface area contributed by atoms with Gasteiger partial charge in [-0.1, -0.05) is 38.1 Å². The van der Waals surface area contributed by atoms with Gasteiger partial charge < -0.3 is 10.6 Å². The number of nitrogens with one attached hydrogen (secondary N) is 2. The van der Waals surface area contributed by atoms with Gasteiger partial charge in [0.1, 0.15) is 0 Å². The predicted octanol–water partition coefficient (Wildman–Crippen LogP) is 1.65. The lowest BCUT2D eigenvalue weighted by molar-refractivity contribution is -0.120. The molecule has 0 saturated heterocycles. The molecule has 17 heavy (non-hydrogen) atoms. The van der Waals surface area contributed by atoms with Gasteiger partial charge in [-0.05, 0) is 24.5 Å². The van der Waals surface area contributed by atoms with Gasteiger partial charge in [0.05, 0.1) is 6.54 Å². The Morgan fingerprint density at radius 1 is 1.29 bits per heavy atom. The zero-order valence-corrected chi connectivity index (χ0v) is 10.9. The quantitative estimate of drug-likeness (QED) is 0.786. The molecule has 1 aromatic rings. The largest absolute Gasteiger partial charge is 0.355 e. The summed E-state index contributed by atoms with van der Waals surface area (Å²) in [5.74, 6) is 0.0623. The van der Waals surface area contributed by atoms with Gasteiger partial charge in [-0.3, -0.25) is 4.79 Å². The van der Waals surface area contributed by atoms with Crippen molar-refractivity contribution in [3.63, 3.8) is 0 Å².